The zero-order chi connectivity index (χ0) is 19.9. The maximum absolute atomic E-state index is 5.79. The van der Waals surface area contributed by atoms with Crippen LogP contribution in [0.5, 0.6) is 5.75 Å². The van der Waals surface area contributed by atoms with Gasteiger partial charge in [-0.15, -0.1) is 0 Å². The van der Waals surface area contributed by atoms with Crippen molar-refractivity contribution in [2.24, 2.45) is 0 Å². The van der Waals surface area contributed by atoms with Gasteiger partial charge in [-0.1, -0.05) is 0 Å². The molecule has 1 aromatic rings. The number of rotatable bonds is 5. The Morgan fingerprint density at radius 1 is 0.733 bits per heavy atom. The molecule has 0 N–H and O–H groups in total. The van der Waals surface area contributed by atoms with Gasteiger partial charge < -0.3 is 4.74 Å². The highest BCUT2D eigenvalue weighted by atomic mass is 31.1. The molecule has 8 heterocycles. The largest absolute Gasteiger partial charge is 0.497 e. The third kappa shape index (κ3) is 3.25. The summed E-state index contributed by atoms with van der Waals surface area (Å²) in [4.78, 5) is 10.8. The second-order valence-corrected chi connectivity index (χ2v) is 15.3. The Labute approximate surface area is 182 Å². The van der Waals surface area contributed by atoms with Crippen LogP contribution in [0, 0.1) is 0 Å². The first kappa shape index (κ1) is 19.1. The van der Waals surface area contributed by atoms with Crippen LogP contribution in [-0.4, -0.2) is 113 Å². The number of ether oxygens (including phenoxy) is 1. The summed E-state index contributed by atoms with van der Waals surface area (Å²) in [6.45, 7) is 9.73. The van der Waals surface area contributed by atoms with Gasteiger partial charge in [0, 0.05) is 36.3 Å². The van der Waals surface area contributed by atoms with Gasteiger partial charge in [0.05, 0.1) is 20.4 Å². The molecule has 0 amide bonds. The summed E-state index contributed by atoms with van der Waals surface area (Å²) in [6.07, 6.45) is 8.36. The Balaban J connectivity index is 1.16. The highest BCUT2D eigenvalue weighted by molar-refractivity contribution is 7.57. The van der Waals surface area contributed by atoms with E-state index in [4.69, 9.17) is 4.74 Å². The Morgan fingerprint density at radius 2 is 1.17 bits per heavy atom. The van der Waals surface area contributed by atoms with E-state index >= 15 is 0 Å². The number of hydrogen-bond donors (Lipinski definition) is 0. The standard InChI is InChI=1S/C21H34N6OP2/c1-28-21-3-19(5-26-9-22-7-23(10-26)14-29(13-22)17-26)2-20(4-21)6-27-11-24-8-25(12-27)16-30(15-24)18-27/h2-4H,5-18H2,1H3/q+2. The van der Waals surface area contributed by atoms with Gasteiger partial charge in [0.1, 0.15) is 58.1 Å². The average Bonchev–Trinajstić information content (AvgIpc) is 2.64. The summed E-state index contributed by atoms with van der Waals surface area (Å²) < 4.78 is 8.30. The zero-order valence-electron chi connectivity index (χ0n) is 18.1. The van der Waals surface area contributed by atoms with E-state index in [1.54, 1.807) is 0 Å². The van der Waals surface area contributed by atoms with Crippen molar-refractivity contribution in [2.45, 2.75) is 13.1 Å². The van der Waals surface area contributed by atoms with Crippen molar-refractivity contribution in [1.82, 2.24) is 19.6 Å². The SMILES string of the molecule is COc1cc(C[N+]23CN4CN(CP(C4)C2)C3)cc(C[N+]23CN4CN(CP(C4)C2)C3)c1. The molecule has 0 aromatic heterocycles. The molecule has 4 unspecified atom stereocenters. The second-order valence-electron chi connectivity index (χ2n) is 10.9. The lowest BCUT2D eigenvalue weighted by Crippen LogP contribution is -2.71. The van der Waals surface area contributed by atoms with E-state index in [2.05, 4.69) is 37.8 Å². The molecule has 7 nitrogen and oxygen atoms in total. The van der Waals surface area contributed by atoms with E-state index in [1.165, 1.54) is 111 Å². The van der Waals surface area contributed by atoms with Gasteiger partial charge in [-0.25, -0.2) is 19.6 Å². The molecule has 0 radical (unpaired) electrons. The Bertz CT molecular complexity index is 731. The summed E-state index contributed by atoms with van der Waals surface area (Å²) in [5, 5.41) is 0. The van der Waals surface area contributed by atoms with Crippen LogP contribution in [0.4, 0.5) is 0 Å². The number of methoxy groups -OCH3 is 1. The number of nitrogens with zero attached hydrogens (tertiary/aromatic N) is 6. The van der Waals surface area contributed by atoms with E-state index in [-0.39, 0.29) is 15.8 Å². The monoisotopic (exact) mass is 448 g/mol. The third-order valence-electron chi connectivity index (χ3n) is 7.70. The molecule has 9 heteroatoms. The lowest BCUT2D eigenvalue weighted by molar-refractivity contribution is -0.961. The molecule has 8 aliphatic heterocycles. The maximum Gasteiger partial charge on any atom is 0.137 e. The Kier molecular flexibility index (Phi) is 4.35. The van der Waals surface area contributed by atoms with E-state index in [9.17, 15) is 0 Å². The van der Waals surface area contributed by atoms with Gasteiger partial charge in [-0.05, 0) is 34.0 Å². The smallest absolute Gasteiger partial charge is 0.137 e. The number of hydrogen-bond acceptors (Lipinski definition) is 5. The third-order valence-corrected chi connectivity index (χ3v) is 12.9. The lowest BCUT2D eigenvalue weighted by Gasteiger charge is -2.60. The van der Waals surface area contributed by atoms with Gasteiger partial charge >= 0.3 is 0 Å². The van der Waals surface area contributed by atoms with Crippen LogP contribution in [0.3, 0.4) is 0 Å². The molecule has 8 saturated heterocycles. The van der Waals surface area contributed by atoms with Crippen LogP contribution in [0.25, 0.3) is 0 Å². The summed E-state index contributed by atoms with van der Waals surface area (Å²) in [5.41, 5.74) is 2.98. The van der Waals surface area contributed by atoms with Crippen molar-refractivity contribution in [2.75, 3.05) is 84.8 Å². The van der Waals surface area contributed by atoms with Crippen LogP contribution in [0.1, 0.15) is 11.1 Å². The van der Waals surface area contributed by atoms with Crippen LogP contribution in [0.15, 0.2) is 18.2 Å². The van der Waals surface area contributed by atoms with E-state index in [0.717, 1.165) is 5.75 Å². The fourth-order valence-electron chi connectivity index (χ4n) is 7.42. The summed E-state index contributed by atoms with van der Waals surface area (Å²) in [7, 11) is 2.20. The molecule has 8 fully saturated rings. The molecular weight excluding hydrogens is 414 g/mol. The van der Waals surface area contributed by atoms with Gasteiger partial charge in [-0.3, -0.25) is 8.97 Å². The number of quaternary nitrogens is 2. The van der Waals surface area contributed by atoms with Crippen molar-refractivity contribution in [1.29, 1.82) is 0 Å². The molecule has 8 bridgehead atoms. The highest BCUT2D eigenvalue weighted by Gasteiger charge is 2.50. The van der Waals surface area contributed by atoms with Crippen molar-refractivity contribution >= 4 is 15.8 Å². The van der Waals surface area contributed by atoms with E-state index < -0.39 is 0 Å². The molecule has 0 spiro atoms. The number of benzene rings is 1. The van der Waals surface area contributed by atoms with Gasteiger partial charge in [0.25, 0.3) is 0 Å². The molecule has 0 aliphatic carbocycles. The molecule has 8 aliphatic rings. The minimum atomic E-state index is 0.183. The topological polar surface area (TPSA) is 22.2 Å². The van der Waals surface area contributed by atoms with E-state index in [0.29, 0.717) is 0 Å². The average molecular weight is 448 g/mol. The molecule has 30 heavy (non-hydrogen) atoms. The predicted octanol–water partition coefficient (Wildman–Crippen LogP) is 2.07. The molecule has 0 saturated carbocycles. The van der Waals surface area contributed by atoms with Crippen molar-refractivity contribution in [3.8, 4) is 5.75 Å². The summed E-state index contributed by atoms with van der Waals surface area (Å²) in [6, 6.07) is 7.18. The second kappa shape index (κ2) is 6.82. The van der Waals surface area contributed by atoms with Gasteiger partial charge in [0.2, 0.25) is 0 Å². The van der Waals surface area contributed by atoms with Crippen molar-refractivity contribution in [3.05, 3.63) is 29.3 Å². The van der Waals surface area contributed by atoms with E-state index in [1.807, 2.05) is 7.11 Å². The molecule has 4 atom stereocenters. The normalized spacial score (nSPS) is 47.8. The Morgan fingerprint density at radius 3 is 1.53 bits per heavy atom. The fraction of sp³-hybridized carbons (Fsp3) is 0.714. The van der Waals surface area contributed by atoms with Crippen molar-refractivity contribution < 1.29 is 13.7 Å². The van der Waals surface area contributed by atoms with Crippen LogP contribution in [0.2, 0.25) is 0 Å². The van der Waals surface area contributed by atoms with Crippen molar-refractivity contribution in [3.63, 3.8) is 0 Å². The first-order valence-electron chi connectivity index (χ1n) is 11.3. The van der Waals surface area contributed by atoms with Gasteiger partial charge in [0.15, 0.2) is 0 Å². The van der Waals surface area contributed by atoms with Crippen LogP contribution in [-0.2, 0) is 13.1 Å². The summed E-state index contributed by atoms with van der Waals surface area (Å²) in [5.74, 6) is 1.06. The molecule has 9 rings (SSSR count). The first-order chi connectivity index (χ1) is 14.6. The molecular formula is C21H34N6OP2+2. The first-order valence-corrected chi connectivity index (χ1v) is 15.1. The van der Waals surface area contributed by atoms with Crippen LogP contribution < -0.4 is 4.74 Å². The lowest BCUT2D eigenvalue weighted by atomic mass is 10.1. The predicted molar refractivity (Wildman–Crippen MR) is 121 cm³/mol. The quantitative estimate of drug-likeness (QED) is 0.507. The Hall–Kier alpha value is -0.360. The maximum atomic E-state index is 5.79. The fourth-order valence-corrected chi connectivity index (χ4v) is 13.2. The van der Waals surface area contributed by atoms with Crippen LogP contribution >= 0.6 is 15.8 Å². The minimum Gasteiger partial charge on any atom is -0.497 e. The molecule has 1 aromatic carbocycles. The molecule has 162 valence electrons. The van der Waals surface area contributed by atoms with Gasteiger partial charge in [-0.2, -0.15) is 0 Å². The zero-order valence-corrected chi connectivity index (χ0v) is 19.9. The highest BCUT2D eigenvalue weighted by Crippen LogP contribution is 2.52. The minimum absolute atomic E-state index is 0.183. The summed E-state index contributed by atoms with van der Waals surface area (Å²) >= 11 is 0.